The third-order valence-corrected chi connectivity index (χ3v) is 4.52. The van der Waals surface area contributed by atoms with Gasteiger partial charge in [-0.25, -0.2) is 0 Å². The zero-order valence-corrected chi connectivity index (χ0v) is 16.8. The van der Waals surface area contributed by atoms with Crippen LogP contribution in [0.3, 0.4) is 0 Å². The minimum Gasteiger partial charge on any atom is -0.370 e. The van der Waals surface area contributed by atoms with E-state index < -0.39 is 0 Å². The molecular weight excluding hydrogens is 405 g/mol. The highest BCUT2D eigenvalue weighted by Crippen LogP contribution is 2.26. The average molecular weight is 437 g/mol. The van der Waals surface area contributed by atoms with Crippen molar-refractivity contribution < 1.29 is 4.79 Å². The molecule has 2 fully saturated rings. The van der Waals surface area contributed by atoms with Crippen LogP contribution in [0.2, 0.25) is 0 Å². The van der Waals surface area contributed by atoms with Crippen LogP contribution < -0.4 is 11.1 Å². The summed E-state index contributed by atoms with van der Waals surface area (Å²) < 4.78 is 0. The lowest BCUT2D eigenvalue weighted by Crippen LogP contribution is -2.50. The van der Waals surface area contributed by atoms with Gasteiger partial charge in [0.25, 0.3) is 0 Å². The third-order valence-electron chi connectivity index (χ3n) is 4.52. The van der Waals surface area contributed by atoms with Gasteiger partial charge in [-0.05, 0) is 26.7 Å². The predicted molar refractivity (Wildman–Crippen MR) is 105 cm³/mol. The summed E-state index contributed by atoms with van der Waals surface area (Å²) in [6.07, 6.45) is 4.63. The van der Waals surface area contributed by atoms with Gasteiger partial charge in [-0.15, -0.1) is 24.0 Å². The molecule has 0 bridgehead atoms. The number of aliphatic imine (C=N–C) groups is 1. The Morgan fingerprint density at radius 1 is 1.22 bits per heavy atom. The molecule has 23 heavy (non-hydrogen) atoms. The number of nitrogens with two attached hydrogens (primary N) is 1. The lowest BCUT2D eigenvalue weighted by molar-refractivity contribution is -0.137. The lowest BCUT2D eigenvalue weighted by atomic mass is 10.1. The van der Waals surface area contributed by atoms with E-state index in [4.69, 9.17) is 5.73 Å². The van der Waals surface area contributed by atoms with Gasteiger partial charge in [0.2, 0.25) is 5.91 Å². The van der Waals surface area contributed by atoms with Gasteiger partial charge < -0.3 is 16.0 Å². The van der Waals surface area contributed by atoms with Crippen LogP contribution in [0.1, 0.15) is 39.5 Å². The maximum Gasteiger partial charge on any atom is 0.225 e. The standard InChI is InChI=1S/C16H31N5O.HI/c1-13(2)19-16(17)18-7-8-20-9-11-21(12-10-20)15(22)14-5-3-4-6-14;/h13-14H,3-12H2,1-2H3,(H3,17,18,19);1H. The topological polar surface area (TPSA) is 74.0 Å². The molecule has 0 aromatic heterocycles. The number of nitrogens with zero attached hydrogens (tertiary/aromatic N) is 3. The number of amides is 1. The van der Waals surface area contributed by atoms with Crippen molar-refractivity contribution >= 4 is 35.8 Å². The first kappa shape index (κ1) is 20.5. The number of carbonyl (C=O) groups is 1. The first-order valence-corrected chi connectivity index (χ1v) is 8.64. The minimum atomic E-state index is 0. The number of hydrogen-bond acceptors (Lipinski definition) is 3. The third kappa shape index (κ3) is 6.82. The van der Waals surface area contributed by atoms with E-state index in [1.807, 2.05) is 13.8 Å². The van der Waals surface area contributed by atoms with Gasteiger partial charge in [0.15, 0.2) is 5.96 Å². The van der Waals surface area contributed by atoms with Crippen molar-refractivity contribution in [2.75, 3.05) is 39.3 Å². The second kappa shape index (κ2) is 10.3. The van der Waals surface area contributed by atoms with E-state index in [-0.39, 0.29) is 24.0 Å². The number of guanidine groups is 1. The molecule has 0 spiro atoms. The summed E-state index contributed by atoms with van der Waals surface area (Å²) in [6, 6.07) is 0.314. The largest absolute Gasteiger partial charge is 0.370 e. The molecule has 1 heterocycles. The predicted octanol–water partition coefficient (Wildman–Crippen LogP) is 1.25. The SMILES string of the molecule is CC(C)NC(N)=NCCN1CCN(C(=O)C2CCCC2)CC1.I. The quantitative estimate of drug-likeness (QED) is 0.386. The van der Waals surface area contributed by atoms with E-state index in [9.17, 15) is 4.79 Å². The van der Waals surface area contributed by atoms with Crippen LogP contribution >= 0.6 is 24.0 Å². The molecule has 0 aromatic carbocycles. The number of piperazine rings is 1. The van der Waals surface area contributed by atoms with E-state index in [1.54, 1.807) is 0 Å². The maximum absolute atomic E-state index is 12.4. The van der Waals surface area contributed by atoms with Gasteiger partial charge in [0.1, 0.15) is 0 Å². The highest BCUT2D eigenvalue weighted by Gasteiger charge is 2.29. The second-order valence-electron chi connectivity index (χ2n) is 6.71. The molecule has 1 aliphatic carbocycles. The Bertz CT molecular complexity index is 388. The zero-order valence-electron chi connectivity index (χ0n) is 14.5. The summed E-state index contributed by atoms with van der Waals surface area (Å²) in [4.78, 5) is 21.1. The minimum absolute atomic E-state index is 0. The van der Waals surface area contributed by atoms with Gasteiger partial charge in [0, 0.05) is 44.7 Å². The molecule has 7 heteroatoms. The van der Waals surface area contributed by atoms with Crippen LogP contribution in [0.4, 0.5) is 0 Å². The number of halogens is 1. The normalized spacial score (nSPS) is 20.7. The Kier molecular flexibility index (Phi) is 9.19. The van der Waals surface area contributed by atoms with Gasteiger partial charge in [-0.3, -0.25) is 14.7 Å². The van der Waals surface area contributed by atoms with Crippen molar-refractivity contribution in [3.8, 4) is 0 Å². The van der Waals surface area contributed by atoms with Crippen molar-refractivity contribution in [3.63, 3.8) is 0 Å². The molecule has 1 saturated carbocycles. The molecule has 0 aromatic rings. The summed E-state index contributed by atoms with van der Waals surface area (Å²) in [7, 11) is 0. The van der Waals surface area contributed by atoms with Crippen molar-refractivity contribution in [2.24, 2.45) is 16.6 Å². The maximum atomic E-state index is 12.4. The van der Waals surface area contributed by atoms with Crippen molar-refractivity contribution in [2.45, 2.75) is 45.6 Å². The first-order chi connectivity index (χ1) is 10.6. The van der Waals surface area contributed by atoms with Crippen molar-refractivity contribution in [1.82, 2.24) is 15.1 Å². The summed E-state index contributed by atoms with van der Waals surface area (Å²) in [5, 5.41) is 3.09. The number of hydrogen-bond donors (Lipinski definition) is 2. The molecule has 0 unspecified atom stereocenters. The highest BCUT2D eigenvalue weighted by molar-refractivity contribution is 14.0. The Morgan fingerprint density at radius 3 is 2.39 bits per heavy atom. The summed E-state index contributed by atoms with van der Waals surface area (Å²) in [6.45, 7) is 9.33. The van der Waals surface area contributed by atoms with E-state index in [0.29, 0.717) is 30.4 Å². The van der Waals surface area contributed by atoms with Crippen molar-refractivity contribution in [3.05, 3.63) is 0 Å². The van der Waals surface area contributed by atoms with E-state index >= 15 is 0 Å². The van der Waals surface area contributed by atoms with Gasteiger partial charge in [0.05, 0.1) is 6.54 Å². The number of rotatable bonds is 5. The number of carbonyl (C=O) groups excluding carboxylic acids is 1. The van der Waals surface area contributed by atoms with Crippen LogP contribution in [0, 0.1) is 5.92 Å². The molecule has 1 saturated heterocycles. The summed E-state index contributed by atoms with van der Waals surface area (Å²) >= 11 is 0. The summed E-state index contributed by atoms with van der Waals surface area (Å²) in [5.74, 6) is 1.21. The fourth-order valence-corrected chi connectivity index (χ4v) is 3.28. The Hall–Kier alpha value is -0.570. The second-order valence-corrected chi connectivity index (χ2v) is 6.71. The molecule has 0 radical (unpaired) electrons. The molecule has 3 N–H and O–H groups in total. The smallest absolute Gasteiger partial charge is 0.225 e. The number of nitrogens with one attached hydrogen (secondary N) is 1. The highest BCUT2D eigenvalue weighted by atomic mass is 127. The Morgan fingerprint density at radius 2 is 1.83 bits per heavy atom. The van der Waals surface area contributed by atoms with Crippen molar-refractivity contribution in [1.29, 1.82) is 0 Å². The van der Waals surface area contributed by atoms with E-state index in [2.05, 4.69) is 20.1 Å². The van der Waals surface area contributed by atoms with Crippen LogP contribution in [0.25, 0.3) is 0 Å². The molecule has 134 valence electrons. The molecule has 6 nitrogen and oxygen atoms in total. The van der Waals surface area contributed by atoms with Gasteiger partial charge in [-0.1, -0.05) is 12.8 Å². The molecule has 2 aliphatic rings. The molecule has 0 atom stereocenters. The van der Waals surface area contributed by atoms with Crippen LogP contribution in [0.15, 0.2) is 4.99 Å². The van der Waals surface area contributed by atoms with Gasteiger partial charge >= 0.3 is 0 Å². The zero-order chi connectivity index (χ0) is 15.9. The molecular formula is C16H32IN5O. The average Bonchev–Trinajstić information content (AvgIpc) is 3.00. The van der Waals surface area contributed by atoms with Crippen LogP contribution in [-0.4, -0.2) is 67.0 Å². The fourth-order valence-electron chi connectivity index (χ4n) is 3.28. The summed E-state index contributed by atoms with van der Waals surface area (Å²) in [5.41, 5.74) is 5.79. The molecule has 1 amide bonds. The van der Waals surface area contributed by atoms with E-state index in [1.165, 1.54) is 12.8 Å². The van der Waals surface area contributed by atoms with Gasteiger partial charge in [-0.2, -0.15) is 0 Å². The Labute approximate surface area is 157 Å². The van der Waals surface area contributed by atoms with E-state index in [0.717, 1.165) is 45.6 Å². The molecule has 1 aliphatic heterocycles. The first-order valence-electron chi connectivity index (χ1n) is 8.64. The fraction of sp³-hybridized carbons (Fsp3) is 0.875. The van der Waals surface area contributed by atoms with Crippen LogP contribution in [0.5, 0.6) is 0 Å². The lowest BCUT2D eigenvalue weighted by Gasteiger charge is -2.35. The van der Waals surface area contributed by atoms with Crippen LogP contribution in [-0.2, 0) is 4.79 Å². The monoisotopic (exact) mass is 437 g/mol. The Balaban J connectivity index is 0.00000264. The molecule has 2 rings (SSSR count).